The smallest absolute Gasteiger partial charge is 0.343 e. The number of esters is 1. The highest BCUT2D eigenvalue weighted by Gasteiger charge is 2.11. The van der Waals surface area contributed by atoms with E-state index in [0.717, 1.165) is 12.8 Å². The van der Waals surface area contributed by atoms with E-state index in [9.17, 15) is 14.7 Å². The molecule has 5 heteroatoms. The molecule has 2 aromatic rings. The second-order valence-corrected chi connectivity index (χ2v) is 7.24. The number of carbonyl (C=O) groups is 2. The lowest BCUT2D eigenvalue weighted by molar-refractivity contribution is 0.0734. The molecule has 1 N–H and O–H groups in total. The van der Waals surface area contributed by atoms with Crippen molar-refractivity contribution in [1.82, 2.24) is 0 Å². The number of phenols is 1. The Kier molecular flexibility index (Phi) is 7.84. The van der Waals surface area contributed by atoms with Crippen LogP contribution in [-0.2, 0) is 0 Å². The summed E-state index contributed by atoms with van der Waals surface area (Å²) < 4.78 is 11.0. The number of rotatable bonds is 11. The van der Waals surface area contributed by atoms with Gasteiger partial charge in [0.15, 0.2) is 6.29 Å². The van der Waals surface area contributed by atoms with Crippen molar-refractivity contribution in [3.8, 4) is 17.2 Å². The molecule has 0 heterocycles. The highest BCUT2D eigenvalue weighted by Crippen LogP contribution is 2.23. The van der Waals surface area contributed by atoms with Crippen LogP contribution in [0.3, 0.4) is 0 Å². The van der Waals surface area contributed by atoms with Crippen LogP contribution in [0.4, 0.5) is 0 Å². The Morgan fingerprint density at radius 3 is 2.33 bits per heavy atom. The van der Waals surface area contributed by atoms with Crippen molar-refractivity contribution in [3.05, 3.63) is 77.9 Å². The normalized spacial score (nSPS) is 12.8. The van der Waals surface area contributed by atoms with Gasteiger partial charge in [0.25, 0.3) is 0 Å². The van der Waals surface area contributed by atoms with E-state index in [0.29, 0.717) is 30.1 Å². The zero-order valence-corrected chi connectivity index (χ0v) is 16.8. The first-order valence-electron chi connectivity index (χ1n) is 10.2. The molecule has 30 heavy (non-hydrogen) atoms. The lowest BCUT2D eigenvalue weighted by Gasteiger charge is -2.08. The molecule has 0 aromatic heterocycles. The van der Waals surface area contributed by atoms with Crippen LogP contribution in [0, 0.1) is 5.92 Å². The van der Waals surface area contributed by atoms with Gasteiger partial charge in [-0.1, -0.05) is 43.6 Å². The summed E-state index contributed by atoms with van der Waals surface area (Å²) in [5, 5.41) is 9.67. The molecule has 0 bridgehead atoms. The molecule has 0 saturated carbocycles. The lowest BCUT2D eigenvalue weighted by Crippen LogP contribution is -2.08. The predicted molar refractivity (Wildman–Crippen MR) is 115 cm³/mol. The third kappa shape index (κ3) is 6.34. The maximum atomic E-state index is 12.2. The molecule has 0 aliphatic heterocycles. The Balaban J connectivity index is 1.36. The van der Waals surface area contributed by atoms with Gasteiger partial charge in [-0.3, -0.25) is 4.79 Å². The maximum absolute atomic E-state index is 12.2. The van der Waals surface area contributed by atoms with Crippen molar-refractivity contribution >= 4 is 12.3 Å². The van der Waals surface area contributed by atoms with Gasteiger partial charge in [-0.2, -0.15) is 0 Å². The van der Waals surface area contributed by atoms with Crippen molar-refractivity contribution in [2.45, 2.75) is 32.1 Å². The maximum Gasteiger partial charge on any atom is 0.343 e. The fourth-order valence-corrected chi connectivity index (χ4v) is 3.24. The van der Waals surface area contributed by atoms with Crippen LogP contribution < -0.4 is 9.47 Å². The van der Waals surface area contributed by atoms with Gasteiger partial charge in [0.1, 0.15) is 17.2 Å². The van der Waals surface area contributed by atoms with E-state index in [2.05, 4.69) is 24.3 Å². The zero-order chi connectivity index (χ0) is 21.2. The molecule has 0 saturated heterocycles. The number of allylic oxidation sites excluding steroid dienone is 4. The van der Waals surface area contributed by atoms with Gasteiger partial charge in [0.05, 0.1) is 17.7 Å². The summed E-state index contributed by atoms with van der Waals surface area (Å²) in [6.07, 6.45) is 15.0. The molecule has 2 aromatic carbocycles. The number of aromatic hydroxyl groups is 1. The van der Waals surface area contributed by atoms with Gasteiger partial charge in [-0.05, 0) is 55.2 Å². The summed E-state index contributed by atoms with van der Waals surface area (Å²) in [5.74, 6) is 0.718. The van der Waals surface area contributed by atoms with Crippen molar-refractivity contribution in [3.63, 3.8) is 0 Å². The number of unbranched alkanes of at least 4 members (excludes halogenated alkanes) is 3. The van der Waals surface area contributed by atoms with Crippen molar-refractivity contribution < 1.29 is 24.2 Å². The van der Waals surface area contributed by atoms with E-state index in [4.69, 9.17) is 9.47 Å². The summed E-state index contributed by atoms with van der Waals surface area (Å²) in [4.78, 5) is 22.9. The number of benzene rings is 2. The van der Waals surface area contributed by atoms with E-state index in [1.165, 1.54) is 37.5 Å². The molecule has 1 aliphatic rings. The molecular weight excluding hydrogens is 380 g/mol. The van der Waals surface area contributed by atoms with Crippen molar-refractivity contribution in [1.29, 1.82) is 0 Å². The highest BCUT2D eigenvalue weighted by atomic mass is 16.5. The Labute approximate surface area is 176 Å². The minimum atomic E-state index is -0.549. The molecule has 0 unspecified atom stereocenters. The standard InChI is InChI=1S/C25H26O5/c26-18-21-12-15-23(17-24(21)27)30-25(28)20-10-13-22(14-11-20)29-16-6-2-1-3-7-19-8-4-5-9-19/h4-5,8-15,17-19,27H,1-3,6-7,16H2. The van der Waals surface area contributed by atoms with Gasteiger partial charge in [-0.15, -0.1) is 0 Å². The van der Waals surface area contributed by atoms with Crippen LogP contribution in [0.1, 0.15) is 52.8 Å². The van der Waals surface area contributed by atoms with Crippen LogP contribution in [0.15, 0.2) is 66.8 Å². The molecule has 0 atom stereocenters. The number of aldehydes is 1. The third-order valence-electron chi connectivity index (χ3n) is 4.96. The molecular formula is C25H26O5. The first-order chi connectivity index (χ1) is 14.7. The second-order valence-electron chi connectivity index (χ2n) is 7.24. The molecule has 1 aliphatic carbocycles. The molecule has 156 valence electrons. The van der Waals surface area contributed by atoms with Gasteiger partial charge >= 0.3 is 5.97 Å². The average Bonchev–Trinajstić information content (AvgIpc) is 3.27. The summed E-state index contributed by atoms with van der Waals surface area (Å²) in [7, 11) is 0. The number of hydrogen-bond donors (Lipinski definition) is 1. The van der Waals surface area contributed by atoms with Gasteiger partial charge in [0.2, 0.25) is 0 Å². The van der Waals surface area contributed by atoms with Crippen molar-refractivity contribution in [2.75, 3.05) is 6.61 Å². The van der Waals surface area contributed by atoms with E-state index in [-0.39, 0.29) is 17.1 Å². The summed E-state index contributed by atoms with van der Waals surface area (Å²) in [5.41, 5.74) is 0.510. The number of ether oxygens (including phenoxy) is 2. The summed E-state index contributed by atoms with van der Waals surface area (Å²) in [6.45, 7) is 0.648. The molecule has 3 rings (SSSR count). The first kappa shape index (κ1) is 21.4. The molecule has 0 fully saturated rings. The molecule has 0 spiro atoms. The van der Waals surface area contributed by atoms with Crippen LogP contribution in [-0.4, -0.2) is 24.0 Å². The second kappa shape index (κ2) is 11.0. The van der Waals surface area contributed by atoms with E-state index in [1.807, 2.05) is 0 Å². The average molecular weight is 406 g/mol. The Morgan fingerprint density at radius 1 is 0.933 bits per heavy atom. The third-order valence-corrected chi connectivity index (χ3v) is 4.96. The van der Waals surface area contributed by atoms with E-state index in [1.54, 1.807) is 24.3 Å². The monoisotopic (exact) mass is 406 g/mol. The Hall–Kier alpha value is -3.34. The topological polar surface area (TPSA) is 72.8 Å². The quantitative estimate of drug-likeness (QED) is 0.231. The number of carbonyl (C=O) groups excluding carboxylic acids is 2. The van der Waals surface area contributed by atoms with Crippen molar-refractivity contribution in [2.24, 2.45) is 5.92 Å². The van der Waals surface area contributed by atoms with Crippen LogP contribution in [0.2, 0.25) is 0 Å². The van der Waals surface area contributed by atoms with Gasteiger partial charge < -0.3 is 14.6 Å². The van der Waals surface area contributed by atoms with Gasteiger partial charge in [0, 0.05) is 6.07 Å². The van der Waals surface area contributed by atoms with Crippen LogP contribution in [0.25, 0.3) is 0 Å². The highest BCUT2D eigenvalue weighted by molar-refractivity contribution is 5.91. The Morgan fingerprint density at radius 2 is 1.63 bits per heavy atom. The van der Waals surface area contributed by atoms with Crippen LogP contribution in [0.5, 0.6) is 17.2 Å². The van der Waals surface area contributed by atoms with E-state index < -0.39 is 5.97 Å². The van der Waals surface area contributed by atoms with Crippen LogP contribution >= 0.6 is 0 Å². The lowest BCUT2D eigenvalue weighted by atomic mass is 10.0. The number of hydrogen-bond acceptors (Lipinski definition) is 5. The minimum absolute atomic E-state index is 0.138. The largest absolute Gasteiger partial charge is 0.507 e. The zero-order valence-electron chi connectivity index (χ0n) is 16.8. The fraction of sp³-hybridized carbons (Fsp3) is 0.280. The first-order valence-corrected chi connectivity index (χ1v) is 10.2. The summed E-state index contributed by atoms with van der Waals surface area (Å²) >= 11 is 0. The SMILES string of the molecule is O=Cc1ccc(OC(=O)c2ccc(OCCCCCCC3C=CC=C3)cc2)cc1O. The van der Waals surface area contributed by atoms with E-state index >= 15 is 0 Å². The molecule has 0 amide bonds. The predicted octanol–water partition coefficient (Wildman–Crippen LogP) is 5.50. The Bertz CT molecular complexity index is 900. The molecule has 0 radical (unpaired) electrons. The summed E-state index contributed by atoms with van der Waals surface area (Å²) in [6, 6.07) is 10.8. The molecule has 5 nitrogen and oxygen atoms in total. The minimum Gasteiger partial charge on any atom is -0.507 e. The fourth-order valence-electron chi connectivity index (χ4n) is 3.24. The van der Waals surface area contributed by atoms with Gasteiger partial charge in [-0.25, -0.2) is 4.79 Å². The number of phenolic OH excluding ortho intramolecular Hbond substituents is 1.